The lowest BCUT2D eigenvalue weighted by Gasteiger charge is -2.32. The number of thioether (sulfide) groups is 1. The molecule has 4 nitrogen and oxygen atoms in total. The summed E-state index contributed by atoms with van der Waals surface area (Å²) in [7, 11) is 1.88. The molecule has 0 bridgehead atoms. The minimum absolute atomic E-state index is 0.102. The Morgan fingerprint density at radius 2 is 2.09 bits per heavy atom. The fraction of sp³-hybridized carbons (Fsp3) is 0.607. The number of aliphatic hydroxyl groups excluding tert-OH is 2. The summed E-state index contributed by atoms with van der Waals surface area (Å²) in [6, 6.07) is 8.24. The van der Waals surface area contributed by atoms with E-state index in [0.29, 0.717) is 24.0 Å². The van der Waals surface area contributed by atoms with Crippen molar-refractivity contribution in [1.29, 1.82) is 0 Å². The van der Waals surface area contributed by atoms with Gasteiger partial charge in [-0.25, -0.2) is 0 Å². The average Bonchev–Trinajstić information content (AvgIpc) is 3.24. The van der Waals surface area contributed by atoms with E-state index in [4.69, 9.17) is 0 Å². The van der Waals surface area contributed by atoms with Gasteiger partial charge >= 0.3 is 0 Å². The molecule has 2 aliphatic carbocycles. The van der Waals surface area contributed by atoms with Gasteiger partial charge in [0.05, 0.1) is 18.0 Å². The first-order chi connectivity index (χ1) is 15.5. The smallest absolute Gasteiger partial charge is 0.232 e. The van der Waals surface area contributed by atoms with Gasteiger partial charge in [-0.1, -0.05) is 53.6 Å². The summed E-state index contributed by atoms with van der Waals surface area (Å²) < 4.78 is 0. The molecule has 5 atom stereocenters. The van der Waals surface area contributed by atoms with Gasteiger partial charge in [0.25, 0.3) is 0 Å². The molecule has 0 aliphatic heterocycles. The van der Waals surface area contributed by atoms with Crippen LogP contribution in [0, 0.1) is 24.7 Å². The first-order valence-electron chi connectivity index (χ1n) is 12.2. The highest BCUT2D eigenvalue weighted by Crippen LogP contribution is 2.48. The van der Waals surface area contributed by atoms with Crippen molar-refractivity contribution < 1.29 is 15.0 Å². The third kappa shape index (κ3) is 7.21. The van der Waals surface area contributed by atoms with Crippen LogP contribution in [-0.4, -0.2) is 57.3 Å². The number of amides is 1. The maximum atomic E-state index is 12.3. The van der Waals surface area contributed by atoms with Crippen LogP contribution in [0.15, 0.2) is 48.1 Å². The van der Waals surface area contributed by atoms with Crippen LogP contribution in [0.5, 0.6) is 0 Å². The van der Waals surface area contributed by atoms with E-state index in [-0.39, 0.29) is 23.5 Å². The van der Waals surface area contributed by atoms with Gasteiger partial charge in [0, 0.05) is 24.9 Å². The van der Waals surface area contributed by atoms with Crippen LogP contribution in [-0.2, 0) is 11.2 Å². The zero-order valence-electron chi connectivity index (χ0n) is 20.8. The molecule has 1 aromatic rings. The molecule has 182 valence electrons. The first-order valence-corrected chi connectivity index (χ1v) is 13.3. The van der Waals surface area contributed by atoms with E-state index in [1.165, 1.54) is 11.1 Å². The number of hydrogen-bond acceptors (Lipinski definition) is 4. The molecule has 1 fully saturated rings. The van der Waals surface area contributed by atoms with Gasteiger partial charge in [-0.05, 0) is 70.1 Å². The molecule has 0 saturated heterocycles. The molecule has 1 amide bonds. The number of rotatable bonds is 9. The molecule has 3 rings (SSSR count). The Bertz CT molecular complexity index is 872. The summed E-state index contributed by atoms with van der Waals surface area (Å²) in [5.74, 6) is 2.62. The number of carbonyl (C=O) groups excluding carboxylic acids is 1. The predicted molar refractivity (Wildman–Crippen MR) is 138 cm³/mol. The van der Waals surface area contributed by atoms with Crippen LogP contribution >= 0.6 is 11.8 Å². The first kappa shape index (κ1) is 26.1. The van der Waals surface area contributed by atoms with E-state index >= 15 is 0 Å². The van der Waals surface area contributed by atoms with E-state index in [2.05, 4.69) is 52.0 Å². The van der Waals surface area contributed by atoms with Gasteiger partial charge in [-0.2, -0.15) is 11.8 Å². The summed E-state index contributed by atoms with van der Waals surface area (Å²) >= 11 is 1.71. The Morgan fingerprint density at radius 3 is 2.79 bits per heavy atom. The molecule has 2 N–H and O–H groups in total. The molecule has 0 spiro atoms. The van der Waals surface area contributed by atoms with Crippen LogP contribution in [0.3, 0.4) is 0 Å². The molecular weight excluding hydrogens is 430 g/mol. The maximum Gasteiger partial charge on any atom is 0.232 e. The molecule has 0 aromatic heterocycles. The highest BCUT2D eigenvalue weighted by molar-refractivity contribution is 7.99. The summed E-state index contributed by atoms with van der Waals surface area (Å²) in [6.45, 7) is 8.22. The highest BCUT2D eigenvalue weighted by atomic mass is 32.2. The number of nitrogens with zero attached hydrogens (tertiary/aromatic N) is 1. The van der Waals surface area contributed by atoms with Crippen LogP contribution in [0.25, 0.3) is 0 Å². The van der Waals surface area contributed by atoms with E-state index in [1.807, 2.05) is 30.2 Å². The summed E-state index contributed by atoms with van der Waals surface area (Å²) in [5.41, 5.74) is 3.65. The summed E-state index contributed by atoms with van der Waals surface area (Å²) in [4.78, 5) is 14.1. The molecule has 0 unspecified atom stereocenters. The lowest BCUT2D eigenvalue weighted by atomic mass is 9.88. The van der Waals surface area contributed by atoms with Crippen LogP contribution < -0.4 is 0 Å². The average molecular weight is 472 g/mol. The second kappa shape index (κ2) is 11.2. The molecule has 1 aromatic carbocycles. The fourth-order valence-electron chi connectivity index (χ4n) is 5.03. The lowest BCUT2D eigenvalue weighted by Crippen LogP contribution is -2.43. The van der Waals surface area contributed by atoms with E-state index < -0.39 is 6.10 Å². The van der Waals surface area contributed by atoms with Crippen LogP contribution in [0.2, 0.25) is 0 Å². The van der Waals surface area contributed by atoms with Crippen molar-refractivity contribution in [3.63, 3.8) is 0 Å². The molecule has 2 aliphatic rings. The van der Waals surface area contributed by atoms with Crippen molar-refractivity contribution in [2.75, 3.05) is 18.6 Å². The van der Waals surface area contributed by atoms with Gasteiger partial charge in [0.15, 0.2) is 0 Å². The third-order valence-electron chi connectivity index (χ3n) is 7.21. The number of allylic oxidation sites excluding steroid dienone is 2. The van der Waals surface area contributed by atoms with Crippen molar-refractivity contribution in [3.05, 3.63) is 59.2 Å². The second-order valence-electron chi connectivity index (χ2n) is 10.8. The number of carbonyl (C=O) groups is 1. The van der Waals surface area contributed by atoms with Crippen molar-refractivity contribution >= 4 is 17.7 Å². The van der Waals surface area contributed by atoms with Gasteiger partial charge in [0.2, 0.25) is 5.91 Å². The van der Waals surface area contributed by atoms with E-state index in [0.717, 1.165) is 30.6 Å². The SMILES string of the molecule is Cc1cccc(C[C@H](O)/C=C/[C@@H]2[C@H]3CC(CCSCC(=O)N(C)C(C)(C)C)=C[C@H]3C[C@H]2O)c1. The summed E-state index contributed by atoms with van der Waals surface area (Å²) in [6.07, 6.45) is 8.86. The number of aryl methyl sites for hydroxylation is 1. The highest BCUT2D eigenvalue weighted by Gasteiger charge is 2.43. The van der Waals surface area contributed by atoms with E-state index in [9.17, 15) is 15.0 Å². The molecule has 0 radical (unpaired) electrons. The van der Waals surface area contributed by atoms with Crippen molar-refractivity contribution in [1.82, 2.24) is 4.90 Å². The molecule has 33 heavy (non-hydrogen) atoms. The fourth-order valence-corrected chi connectivity index (χ4v) is 5.95. The van der Waals surface area contributed by atoms with Crippen LogP contribution in [0.1, 0.15) is 51.2 Å². The number of aliphatic hydroxyl groups is 2. The Balaban J connectivity index is 1.45. The minimum atomic E-state index is -0.535. The number of hydrogen-bond donors (Lipinski definition) is 2. The maximum absolute atomic E-state index is 12.3. The summed E-state index contributed by atoms with van der Waals surface area (Å²) in [5, 5.41) is 21.1. The van der Waals surface area contributed by atoms with Gasteiger partial charge < -0.3 is 15.1 Å². The third-order valence-corrected chi connectivity index (χ3v) is 8.15. The number of benzene rings is 1. The van der Waals surface area contributed by atoms with Gasteiger partial charge in [-0.3, -0.25) is 4.79 Å². The zero-order valence-corrected chi connectivity index (χ0v) is 21.6. The molecular formula is C28H41NO3S. The van der Waals surface area contributed by atoms with Gasteiger partial charge in [-0.15, -0.1) is 0 Å². The van der Waals surface area contributed by atoms with Gasteiger partial charge in [0.1, 0.15) is 0 Å². The van der Waals surface area contributed by atoms with Crippen LogP contribution in [0.4, 0.5) is 0 Å². The monoisotopic (exact) mass is 471 g/mol. The molecule has 0 heterocycles. The number of fused-ring (bicyclic) bond motifs is 1. The molecule has 1 saturated carbocycles. The van der Waals surface area contributed by atoms with Crippen molar-refractivity contribution in [3.8, 4) is 0 Å². The lowest BCUT2D eigenvalue weighted by molar-refractivity contribution is -0.131. The molecule has 5 heteroatoms. The zero-order chi connectivity index (χ0) is 24.2. The predicted octanol–water partition coefficient (Wildman–Crippen LogP) is 4.78. The standard InChI is InChI=1S/C28H41NO3S/c1-19-7-6-8-20(13-19)15-23(30)9-10-24-25-16-21(14-22(25)17-26(24)31)11-12-33-18-27(32)29(5)28(2,3)4/h6-10,13-14,22-26,30-31H,11-12,15-18H2,1-5H3/b10-9+/t22-,23+,24+,25-,26+/m0/s1. The Hall–Kier alpha value is -1.56. The topological polar surface area (TPSA) is 60.8 Å². The normalized spacial score (nSPS) is 25.8. The Kier molecular flexibility index (Phi) is 8.88. The quantitative estimate of drug-likeness (QED) is 0.402. The van der Waals surface area contributed by atoms with Crippen molar-refractivity contribution in [2.45, 2.75) is 71.1 Å². The minimum Gasteiger partial charge on any atom is -0.392 e. The van der Waals surface area contributed by atoms with E-state index in [1.54, 1.807) is 11.8 Å². The Labute approximate surface area is 204 Å². The second-order valence-corrected chi connectivity index (χ2v) is 11.9. The Morgan fingerprint density at radius 1 is 1.33 bits per heavy atom. The largest absolute Gasteiger partial charge is 0.392 e. The van der Waals surface area contributed by atoms with Crippen molar-refractivity contribution in [2.24, 2.45) is 17.8 Å².